The summed E-state index contributed by atoms with van der Waals surface area (Å²) in [4.78, 5) is 12.6. The van der Waals surface area contributed by atoms with E-state index in [0.717, 1.165) is 23.0 Å². The maximum absolute atomic E-state index is 14.0. The second kappa shape index (κ2) is 9.44. The van der Waals surface area contributed by atoms with Crippen LogP contribution in [-0.4, -0.2) is 21.7 Å². The maximum Gasteiger partial charge on any atom is 0.225 e. The molecule has 0 fully saturated rings. The Labute approximate surface area is 201 Å². The molecule has 0 aliphatic heterocycles. The highest BCUT2D eigenvalue weighted by atomic mass is 19.2. The molecule has 0 saturated heterocycles. The molecule has 3 aromatic carbocycles. The predicted octanol–water partition coefficient (Wildman–Crippen LogP) is 6.11. The first-order valence-corrected chi connectivity index (χ1v) is 11.2. The maximum atomic E-state index is 14.0. The van der Waals surface area contributed by atoms with Crippen LogP contribution in [0.4, 0.5) is 13.2 Å². The number of hydrogen-bond donors (Lipinski definition) is 1. The second-order valence-corrected chi connectivity index (χ2v) is 9.48. The third kappa shape index (κ3) is 5.31. The van der Waals surface area contributed by atoms with Crippen molar-refractivity contribution >= 4 is 16.8 Å². The fourth-order valence-corrected chi connectivity index (χ4v) is 3.67. The zero-order valence-electron chi connectivity index (χ0n) is 19.9. The zero-order chi connectivity index (χ0) is 25.3. The van der Waals surface area contributed by atoms with Crippen LogP contribution in [-0.2, 0) is 4.79 Å². The Morgan fingerprint density at radius 1 is 0.971 bits per heavy atom. The summed E-state index contributed by atoms with van der Waals surface area (Å²) in [5.74, 6) is -2.04. The van der Waals surface area contributed by atoms with Crippen molar-refractivity contribution in [3.05, 3.63) is 89.9 Å². The van der Waals surface area contributed by atoms with Gasteiger partial charge in [-0.15, -0.1) is 0 Å². The van der Waals surface area contributed by atoms with Gasteiger partial charge >= 0.3 is 0 Å². The summed E-state index contributed by atoms with van der Waals surface area (Å²) in [6.45, 7) is 7.11. The Kier molecular flexibility index (Phi) is 6.56. The molecule has 0 radical (unpaired) electrons. The first-order valence-electron chi connectivity index (χ1n) is 11.2. The Hall–Kier alpha value is -3.81. The third-order valence-electron chi connectivity index (χ3n) is 5.64. The van der Waals surface area contributed by atoms with Gasteiger partial charge in [0.05, 0.1) is 23.4 Å². The van der Waals surface area contributed by atoms with Gasteiger partial charge in [0.2, 0.25) is 5.91 Å². The highest BCUT2D eigenvalue weighted by Gasteiger charge is 2.29. The smallest absolute Gasteiger partial charge is 0.225 e. The molecule has 0 spiro atoms. The summed E-state index contributed by atoms with van der Waals surface area (Å²) < 4.78 is 48.8. The molecule has 4 aromatic rings. The largest absolute Gasteiger partial charge is 0.484 e. The van der Waals surface area contributed by atoms with E-state index in [2.05, 4.69) is 10.4 Å². The van der Waals surface area contributed by atoms with Gasteiger partial charge in [0.25, 0.3) is 0 Å². The lowest BCUT2D eigenvalue weighted by atomic mass is 9.94. The van der Waals surface area contributed by atoms with Crippen molar-refractivity contribution < 1.29 is 22.7 Å². The molecule has 1 heterocycles. The van der Waals surface area contributed by atoms with Crippen molar-refractivity contribution in [2.24, 2.45) is 5.41 Å². The van der Waals surface area contributed by atoms with Crippen molar-refractivity contribution in [2.75, 3.05) is 0 Å². The van der Waals surface area contributed by atoms with Crippen LogP contribution in [0.3, 0.4) is 0 Å². The number of carbonyl (C=O) groups is 1. The lowest BCUT2D eigenvalue weighted by molar-refractivity contribution is -0.129. The summed E-state index contributed by atoms with van der Waals surface area (Å²) >= 11 is 0. The minimum absolute atomic E-state index is 0.197. The second-order valence-electron chi connectivity index (χ2n) is 9.48. The molecular formula is C27H26F3N3O2. The number of aromatic nitrogens is 2. The molecule has 4 rings (SSSR count). The number of nitrogens with zero attached hydrogens (tertiary/aromatic N) is 2. The number of hydrogen-bond acceptors (Lipinski definition) is 3. The van der Waals surface area contributed by atoms with Gasteiger partial charge in [0.15, 0.2) is 11.6 Å². The SMILES string of the molecule is CC(NC(=O)C(C)(C)C)C(Oc1ccc2c(cnn2-c2ccc(F)cc2)c1)c1ccc(F)c(F)c1. The molecule has 0 aliphatic carbocycles. The monoisotopic (exact) mass is 481 g/mol. The van der Waals surface area contributed by atoms with Crippen LogP contribution < -0.4 is 10.1 Å². The third-order valence-corrected chi connectivity index (χ3v) is 5.64. The summed E-state index contributed by atoms with van der Waals surface area (Å²) in [5.41, 5.74) is 1.23. The average Bonchev–Trinajstić information content (AvgIpc) is 3.22. The summed E-state index contributed by atoms with van der Waals surface area (Å²) in [5, 5.41) is 8.07. The quantitative estimate of drug-likeness (QED) is 0.361. The van der Waals surface area contributed by atoms with Crippen LogP contribution in [0.2, 0.25) is 0 Å². The number of rotatable bonds is 6. The molecule has 8 heteroatoms. The van der Waals surface area contributed by atoms with Gasteiger partial charge in [-0.05, 0) is 67.1 Å². The van der Waals surface area contributed by atoms with Gasteiger partial charge in [-0.2, -0.15) is 5.10 Å². The predicted molar refractivity (Wildman–Crippen MR) is 128 cm³/mol. The van der Waals surface area contributed by atoms with Crippen LogP contribution in [0, 0.1) is 22.9 Å². The molecule has 2 atom stereocenters. The van der Waals surface area contributed by atoms with E-state index in [-0.39, 0.29) is 11.7 Å². The van der Waals surface area contributed by atoms with Crippen LogP contribution in [0.15, 0.2) is 66.9 Å². The van der Waals surface area contributed by atoms with Crippen molar-refractivity contribution in [3.63, 3.8) is 0 Å². The molecule has 2 unspecified atom stereocenters. The van der Waals surface area contributed by atoms with Crippen LogP contribution in [0.25, 0.3) is 16.6 Å². The number of fused-ring (bicyclic) bond motifs is 1. The Morgan fingerprint density at radius 3 is 2.34 bits per heavy atom. The zero-order valence-corrected chi connectivity index (χ0v) is 19.9. The molecule has 35 heavy (non-hydrogen) atoms. The Bertz CT molecular complexity index is 1360. The Balaban J connectivity index is 1.66. The fourth-order valence-electron chi connectivity index (χ4n) is 3.67. The molecule has 1 aromatic heterocycles. The van der Waals surface area contributed by atoms with E-state index in [1.807, 2.05) is 6.07 Å². The van der Waals surface area contributed by atoms with Gasteiger partial charge in [-0.25, -0.2) is 17.9 Å². The average molecular weight is 482 g/mol. The van der Waals surface area contributed by atoms with E-state index in [1.54, 1.807) is 62.8 Å². The van der Waals surface area contributed by atoms with Gasteiger partial charge in [0, 0.05) is 10.8 Å². The normalized spacial score (nSPS) is 13.5. The first kappa shape index (κ1) is 24.3. The van der Waals surface area contributed by atoms with E-state index < -0.39 is 29.2 Å². The fraction of sp³-hybridized carbons (Fsp3) is 0.259. The van der Waals surface area contributed by atoms with E-state index in [0.29, 0.717) is 17.0 Å². The standard InChI is InChI=1S/C27H26F3N3O2/c1-16(32-26(34)27(2,3)4)25(17-5-11-22(29)23(30)14-17)35-21-10-12-24-18(13-21)15-31-33(24)20-8-6-19(28)7-9-20/h5-16,25H,1-4H3,(H,32,34). The van der Waals surface area contributed by atoms with Crippen molar-refractivity contribution in [1.82, 2.24) is 15.1 Å². The summed E-state index contributed by atoms with van der Waals surface area (Å²) in [6.07, 6.45) is 0.865. The van der Waals surface area contributed by atoms with Crippen LogP contribution >= 0.6 is 0 Å². The van der Waals surface area contributed by atoms with Gasteiger partial charge in [-0.3, -0.25) is 4.79 Å². The molecule has 182 valence electrons. The van der Waals surface area contributed by atoms with E-state index in [1.165, 1.54) is 18.2 Å². The number of carbonyl (C=O) groups excluding carboxylic acids is 1. The highest BCUT2D eigenvalue weighted by molar-refractivity contribution is 5.82. The summed E-state index contributed by atoms with van der Waals surface area (Å²) in [6, 6.07) is 14.3. The van der Waals surface area contributed by atoms with Gasteiger partial charge in [-0.1, -0.05) is 26.8 Å². The van der Waals surface area contributed by atoms with E-state index in [9.17, 15) is 18.0 Å². The molecular weight excluding hydrogens is 455 g/mol. The van der Waals surface area contributed by atoms with Crippen LogP contribution in [0.1, 0.15) is 39.4 Å². The van der Waals surface area contributed by atoms with Crippen molar-refractivity contribution in [2.45, 2.75) is 39.8 Å². The highest BCUT2D eigenvalue weighted by Crippen LogP contribution is 2.30. The minimum atomic E-state index is -0.999. The number of benzene rings is 3. The first-order chi connectivity index (χ1) is 16.5. The van der Waals surface area contributed by atoms with E-state index in [4.69, 9.17) is 4.74 Å². The van der Waals surface area contributed by atoms with Gasteiger partial charge < -0.3 is 10.1 Å². The van der Waals surface area contributed by atoms with Gasteiger partial charge in [0.1, 0.15) is 17.7 Å². The van der Waals surface area contributed by atoms with Crippen LogP contribution in [0.5, 0.6) is 5.75 Å². The lowest BCUT2D eigenvalue weighted by Gasteiger charge is -2.29. The molecule has 0 aliphatic rings. The number of nitrogens with one attached hydrogen (secondary N) is 1. The number of amides is 1. The molecule has 0 saturated carbocycles. The van der Waals surface area contributed by atoms with E-state index >= 15 is 0 Å². The molecule has 0 bridgehead atoms. The molecule has 5 nitrogen and oxygen atoms in total. The summed E-state index contributed by atoms with van der Waals surface area (Å²) in [7, 11) is 0. The topological polar surface area (TPSA) is 56.1 Å². The molecule has 1 amide bonds. The number of halogens is 3. The van der Waals surface area contributed by atoms with Crippen molar-refractivity contribution in [3.8, 4) is 11.4 Å². The van der Waals surface area contributed by atoms with Crippen molar-refractivity contribution in [1.29, 1.82) is 0 Å². The molecule has 1 N–H and O–H groups in total. The Morgan fingerprint density at radius 2 is 1.69 bits per heavy atom. The minimum Gasteiger partial charge on any atom is -0.484 e. The number of ether oxygens (including phenoxy) is 1. The lowest BCUT2D eigenvalue weighted by Crippen LogP contribution is -2.44.